The molecule has 2 rings (SSSR count). The zero-order valence-electron chi connectivity index (χ0n) is 45.4. The van der Waals surface area contributed by atoms with Crippen molar-refractivity contribution in [2.24, 2.45) is 0 Å². The van der Waals surface area contributed by atoms with E-state index >= 15 is 0 Å². The summed E-state index contributed by atoms with van der Waals surface area (Å²) in [5, 5.41) is 72.3. The fourth-order valence-corrected chi connectivity index (χ4v) is 8.90. The summed E-state index contributed by atoms with van der Waals surface area (Å²) in [6, 6.07) is 0. The number of carbonyl (C=O) groups excluding carboxylic acids is 1. The van der Waals surface area contributed by atoms with E-state index in [0.717, 1.165) is 83.5 Å². The summed E-state index contributed by atoms with van der Waals surface area (Å²) >= 11 is 0. The van der Waals surface area contributed by atoms with E-state index in [4.69, 9.17) is 28.4 Å². The van der Waals surface area contributed by atoms with Crippen LogP contribution in [0.3, 0.4) is 0 Å². The van der Waals surface area contributed by atoms with Crippen molar-refractivity contribution in [2.45, 2.75) is 274 Å². The van der Waals surface area contributed by atoms with Gasteiger partial charge in [-0.1, -0.05) is 203 Å². The van der Waals surface area contributed by atoms with Crippen molar-refractivity contribution in [1.29, 1.82) is 0 Å². The van der Waals surface area contributed by atoms with Crippen LogP contribution in [0.25, 0.3) is 0 Å². The van der Waals surface area contributed by atoms with E-state index in [1.165, 1.54) is 96.3 Å². The van der Waals surface area contributed by atoms with Crippen LogP contribution in [-0.2, 0) is 33.2 Å². The molecule has 0 amide bonds. The van der Waals surface area contributed by atoms with Gasteiger partial charge < -0.3 is 64.2 Å². The summed E-state index contributed by atoms with van der Waals surface area (Å²) in [7, 11) is 0. The summed E-state index contributed by atoms with van der Waals surface area (Å²) in [5.74, 6) is -0.393. The zero-order chi connectivity index (χ0) is 53.0. The second-order valence-electron chi connectivity index (χ2n) is 20.1. The number of esters is 1. The SMILES string of the molecule is CC/C=C\C/C=C\C/C=C\C/C=C\C/C=C\CCCCCCCC(=O)OC(COCCCCCCCCCCCCCCCCCCCC)COC1OC(COC2OC(CO)C(O)C(O)C2O)C(O)C(O)C1O. The molecule has 2 aliphatic rings. The fraction of sp³-hybridized carbons (Fsp3) is 0.814. The van der Waals surface area contributed by atoms with Crippen LogP contribution in [-0.4, -0.2) is 142 Å². The first-order valence-corrected chi connectivity index (χ1v) is 28.9. The molecule has 0 aliphatic carbocycles. The van der Waals surface area contributed by atoms with Gasteiger partial charge in [0.05, 0.1) is 26.4 Å². The van der Waals surface area contributed by atoms with Crippen LogP contribution in [0.4, 0.5) is 0 Å². The number of allylic oxidation sites excluding steroid dienone is 10. The fourth-order valence-electron chi connectivity index (χ4n) is 8.90. The lowest BCUT2D eigenvalue weighted by Gasteiger charge is -2.42. The molecule has 2 aliphatic heterocycles. The van der Waals surface area contributed by atoms with Gasteiger partial charge in [0.2, 0.25) is 0 Å². The summed E-state index contributed by atoms with van der Waals surface area (Å²) in [6.45, 7) is 3.57. The molecule has 0 spiro atoms. The largest absolute Gasteiger partial charge is 0.457 e. The summed E-state index contributed by atoms with van der Waals surface area (Å²) in [5.41, 5.74) is 0. The van der Waals surface area contributed by atoms with Crippen LogP contribution in [0.15, 0.2) is 60.8 Å². The van der Waals surface area contributed by atoms with Crippen molar-refractivity contribution in [1.82, 2.24) is 0 Å². The van der Waals surface area contributed by atoms with Crippen molar-refractivity contribution < 1.29 is 69.0 Å². The van der Waals surface area contributed by atoms with Crippen LogP contribution in [0.5, 0.6) is 0 Å². The lowest BCUT2D eigenvalue weighted by Crippen LogP contribution is -2.61. The van der Waals surface area contributed by atoms with Gasteiger partial charge in [0.1, 0.15) is 54.9 Å². The Morgan fingerprint density at radius 2 is 0.890 bits per heavy atom. The Morgan fingerprint density at radius 1 is 0.466 bits per heavy atom. The second-order valence-corrected chi connectivity index (χ2v) is 20.1. The second kappa shape index (κ2) is 45.8. The van der Waals surface area contributed by atoms with E-state index in [1.54, 1.807) is 0 Å². The number of aliphatic hydroxyl groups is 7. The molecular formula is C59H104O14. The quantitative estimate of drug-likeness (QED) is 0.0172. The number of unbranched alkanes of at least 4 members (excludes halogenated alkanes) is 22. The van der Waals surface area contributed by atoms with Crippen molar-refractivity contribution >= 4 is 5.97 Å². The highest BCUT2D eigenvalue weighted by Gasteiger charge is 2.47. The molecule has 14 heteroatoms. The third kappa shape index (κ3) is 32.8. The smallest absolute Gasteiger partial charge is 0.306 e. The Kier molecular flexibility index (Phi) is 42.0. The normalized spacial score (nSPS) is 25.4. The van der Waals surface area contributed by atoms with Crippen LogP contribution >= 0.6 is 0 Å². The predicted molar refractivity (Wildman–Crippen MR) is 289 cm³/mol. The molecule has 0 aromatic rings. The zero-order valence-corrected chi connectivity index (χ0v) is 45.4. The third-order valence-electron chi connectivity index (χ3n) is 13.5. The molecule has 0 radical (unpaired) electrons. The Hall–Kier alpha value is -2.31. The average molecular weight is 1040 g/mol. The number of ether oxygens (including phenoxy) is 6. The van der Waals surface area contributed by atoms with E-state index in [9.17, 15) is 40.5 Å². The summed E-state index contributed by atoms with van der Waals surface area (Å²) < 4.78 is 34.4. The molecule has 2 heterocycles. The van der Waals surface area contributed by atoms with E-state index in [2.05, 4.69) is 74.6 Å². The molecule has 424 valence electrons. The van der Waals surface area contributed by atoms with Crippen molar-refractivity contribution in [3.8, 4) is 0 Å². The standard InChI is InChI=1S/C59H104O14/c1-3-5-7-9-11-13-15-17-19-21-23-24-25-26-28-30-32-34-36-38-40-42-51(61)71-48(45-68-43-41-39-37-35-33-31-29-27-22-20-18-16-14-12-10-8-6-4-2)46-69-58-57(67)55(65)53(63)50(73-58)47-70-59-56(66)54(64)52(62)49(44-60)72-59/h5,7,11,13,17,19,23-24,26,28,48-50,52-60,62-67H,3-4,6,8-10,12,14-16,18,20-22,25,27,29-47H2,1-2H3/b7-5-,13-11-,19-17-,24-23-,28-26-. The molecule has 11 unspecified atom stereocenters. The first-order chi connectivity index (χ1) is 35.6. The topological polar surface area (TPSA) is 214 Å². The minimum atomic E-state index is -1.71. The van der Waals surface area contributed by atoms with Gasteiger partial charge in [-0.15, -0.1) is 0 Å². The minimum absolute atomic E-state index is 0.0537. The highest BCUT2D eigenvalue weighted by atomic mass is 16.7. The van der Waals surface area contributed by atoms with Gasteiger partial charge in [-0.05, 0) is 57.8 Å². The van der Waals surface area contributed by atoms with Gasteiger partial charge in [0.15, 0.2) is 12.6 Å². The first kappa shape index (κ1) is 66.8. The maximum absolute atomic E-state index is 13.1. The molecule has 0 aromatic heterocycles. The summed E-state index contributed by atoms with van der Waals surface area (Å²) in [6.07, 6.45) is 39.9. The first-order valence-electron chi connectivity index (χ1n) is 28.9. The van der Waals surface area contributed by atoms with E-state index in [0.29, 0.717) is 13.0 Å². The molecule has 0 bridgehead atoms. The van der Waals surface area contributed by atoms with Crippen molar-refractivity contribution in [3.63, 3.8) is 0 Å². The minimum Gasteiger partial charge on any atom is -0.457 e. The predicted octanol–water partition coefficient (Wildman–Crippen LogP) is 10.1. The molecule has 7 N–H and O–H groups in total. The van der Waals surface area contributed by atoms with Crippen LogP contribution < -0.4 is 0 Å². The van der Waals surface area contributed by atoms with Gasteiger partial charge in [-0.3, -0.25) is 4.79 Å². The molecule has 0 saturated carbocycles. The van der Waals surface area contributed by atoms with Gasteiger partial charge in [0.25, 0.3) is 0 Å². The highest BCUT2D eigenvalue weighted by Crippen LogP contribution is 2.27. The van der Waals surface area contributed by atoms with Crippen LogP contribution in [0.2, 0.25) is 0 Å². The number of hydrogen-bond acceptors (Lipinski definition) is 14. The number of hydrogen-bond donors (Lipinski definition) is 7. The Labute approximate surface area is 441 Å². The third-order valence-corrected chi connectivity index (χ3v) is 13.5. The van der Waals surface area contributed by atoms with Crippen molar-refractivity contribution in [2.75, 3.05) is 33.0 Å². The average Bonchev–Trinajstić information content (AvgIpc) is 3.39. The molecule has 2 saturated heterocycles. The van der Waals surface area contributed by atoms with E-state index in [-0.39, 0.29) is 19.6 Å². The van der Waals surface area contributed by atoms with E-state index in [1.807, 2.05) is 0 Å². The van der Waals surface area contributed by atoms with Gasteiger partial charge in [-0.25, -0.2) is 0 Å². The summed E-state index contributed by atoms with van der Waals surface area (Å²) in [4.78, 5) is 13.1. The number of carbonyl (C=O) groups is 1. The lowest BCUT2D eigenvalue weighted by molar-refractivity contribution is -0.332. The Morgan fingerprint density at radius 3 is 1.40 bits per heavy atom. The molecule has 14 nitrogen and oxygen atoms in total. The highest BCUT2D eigenvalue weighted by molar-refractivity contribution is 5.69. The maximum Gasteiger partial charge on any atom is 0.306 e. The molecular weight excluding hydrogens is 933 g/mol. The van der Waals surface area contributed by atoms with Gasteiger partial charge in [-0.2, -0.15) is 0 Å². The van der Waals surface area contributed by atoms with E-state index < -0.39 is 86.7 Å². The molecule has 0 aromatic carbocycles. The van der Waals surface area contributed by atoms with Crippen LogP contribution in [0.1, 0.15) is 206 Å². The number of aliphatic hydroxyl groups excluding tert-OH is 7. The number of rotatable bonds is 46. The Balaban J connectivity index is 1.73. The molecule has 2 fully saturated rings. The molecule has 73 heavy (non-hydrogen) atoms. The van der Waals surface area contributed by atoms with Crippen molar-refractivity contribution in [3.05, 3.63) is 60.8 Å². The van der Waals surface area contributed by atoms with Gasteiger partial charge >= 0.3 is 5.97 Å². The Bertz CT molecular complexity index is 1440. The maximum atomic E-state index is 13.1. The molecule has 11 atom stereocenters. The van der Waals surface area contributed by atoms with Gasteiger partial charge in [0, 0.05) is 13.0 Å². The monoisotopic (exact) mass is 1040 g/mol. The van der Waals surface area contributed by atoms with Crippen LogP contribution in [0, 0.1) is 0 Å². The lowest BCUT2D eigenvalue weighted by atomic mass is 9.98.